The van der Waals surface area contributed by atoms with Crippen LogP contribution in [-0.2, 0) is 9.59 Å². The third kappa shape index (κ3) is 3.33. The van der Waals surface area contributed by atoms with Crippen LogP contribution in [0.2, 0.25) is 0 Å². The molecule has 2 aliphatic rings. The second-order valence-electron chi connectivity index (χ2n) is 6.39. The SMILES string of the molecule is O=C1NC(=O)N(c2ccncc2)C(=O)/C1=C/c1ccc(N2CCCCC2)o1. The fourth-order valence-electron chi connectivity index (χ4n) is 3.23. The summed E-state index contributed by atoms with van der Waals surface area (Å²) in [5.41, 5.74) is 0.172. The van der Waals surface area contributed by atoms with Crippen LogP contribution in [0.15, 0.2) is 46.6 Å². The molecule has 0 saturated carbocycles. The van der Waals surface area contributed by atoms with Crippen molar-refractivity contribution in [2.24, 2.45) is 0 Å². The Bertz CT molecular complexity index is 913. The number of carbonyl (C=O) groups is 3. The van der Waals surface area contributed by atoms with Gasteiger partial charge in [-0.25, -0.2) is 9.69 Å². The number of nitrogens with zero attached hydrogens (tertiary/aromatic N) is 3. The Balaban J connectivity index is 1.62. The number of carbonyl (C=O) groups excluding carboxylic acids is 3. The summed E-state index contributed by atoms with van der Waals surface area (Å²) in [4.78, 5) is 44.0. The van der Waals surface area contributed by atoms with E-state index in [9.17, 15) is 14.4 Å². The maximum absolute atomic E-state index is 12.8. The molecule has 2 saturated heterocycles. The number of hydrogen-bond acceptors (Lipinski definition) is 6. The number of barbiturate groups is 1. The van der Waals surface area contributed by atoms with E-state index in [-0.39, 0.29) is 5.57 Å². The number of rotatable bonds is 3. The van der Waals surface area contributed by atoms with Crippen LogP contribution >= 0.6 is 0 Å². The molecule has 2 aliphatic heterocycles. The second kappa shape index (κ2) is 7.06. The molecule has 1 N–H and O–H groups in total. The summed E-state index contributed by atoms with van der Waals surface area (Å²) in [5, 5.41) is 2.19. The molecule has 2 fully saturated rings. The van der Waals surface area contributed by atoms with Gasteiger partial charge in [-0.15, -0.1) is 0 Å². The number of urea groups is 1. The molecular formula is C19H18N4O4. The van der Waals surface area contributed by atoms with Gasteiger partial charge < -0.3 is 9.32 Å². The van der Waals surface area contributed by atoms with Gasteiger partial charge in [0, 0.05) is 31.5 Å². The number of anilines is 2. The van der Waals surface area contributed by atoms with Gasteiger partial charge in [0.25, 0.3) is 11.8 Å². The van der Waals surface area contributed by atoms with E-state index >= 15 is 0 Å². The predicted molar refractivity (Wildman–Crippen MR) is 98.0 cm³/mol. The Labute approximate surface area is 155 Å². The summed E-state index contributed by atoms with van der Waals surface area (Å²) < 4.78 is 5.79. The standard InChI is InChI=1S/C19H18N4O4/c24-17-15(12-14-4-5-16(27-14)22-10-2-1-3-11-22)18(25)23(19(26)21-17)13-6-8-20-9-7-13/h4-9,12H,1-3,10-11H2,(H,21,24,26)/b15-12+. The van der Waals surface area contributed by atoms with Crippen LogP contribution in [0.3, 0.4) is 0 Å². The van der Waals surface area contributed by atoms with Gasteiger partial charge in [-0.3, -0.25) is 19.9 Å². The topological polar surface area (TPSA) is 95.8 Å². The summed E-state index contributed by atoms with van der Waals surface area (Å²) in [6.07, 6.45) is 7.73. The zero-order valence-corrected chi connectivity index (χ0v) is 14.6. The highest BCUT2D eigenvalue weighted by Crippen LogP contribution is 2.25. The van der Waals surface area contributed by atoms with Crippen molar-refractivity contribution in [1.29, 1.82) is 0 Å². The highest BCUT2D eigenvalue weighted by Gasteiger charge is 2.37. The van der Waals surface area contributed by atoms with Crippen LogP contribution in [0.1, 0.15) is 25.0 Å². The lowest BCUT2D eigenvalue weighted by Gasteiger charge is -2.26. The van der Waals surface area contributed by atoms with E-state index in [0.717, 1.165) is 30.8 Å². The molecule has 0 aromatic carbocycles. The molecule has 138 valence electrons. The number of amides is 4. The number of pyridine rings is 1. The van der Waals surface area contributed by atoms with Gasteiger partial charge in [-0.2, -0.15) is 0 Å². The van der Waals surface area contributed by atoms with E-state index in [1.54, 1.807) is 6.07 Å². The van der Waals surface area contributed by atoms with Crippen LogP contribution in [0, 0.1) is 0 Å². The summed E-state index contributed by atoms with van der Waals surface area (Å²) in [7, 11) is 0. The van der Waals surface area contributed by atoms with Crippen LogP contribution < -0.4 is 15.1 Å². The van der Waals surface area contributed by atoms with Gasteiger partial charge in [0.15, 0.2) is 5.88 Å². The van der Waals surface area contributed by atoms with Crippen molar-refractivity contribution in [3.05, 3.63) is 48.0 Å². The van der Waals surface area contributed by atoms with E-state index in [1.165, 1.54) is 37.0 Å². The highest BCUT2D eigenvalue weighted by atomic mass is 16.4. The number of furan rings is 1. The summed E-state index contributed by atoms with van der Waals surface area (Å²) in [5.74, 6) is -0.345. The number of nitrogens with one attached hydrogen (secondary N) is 1. The van der Waals surface area contributed by atoms with Crippen LogP contribution in [-0.4, -0.2) is 35.9 Å². The number of piperidine rings is 1. The van der Waals surface area contributed by atoms with Crippen LogP contribution in [0.25, 0.3) is 6.08 Å². The number of hydrogen-bond donors (Lipinski definition) is 1. The van der Waals surface area contributed by atoms with Crippen LogP contribution in [0.4, 0.5) is 16.4 Å². The van der Waals surface area contributed by atoms with Crippen molar-refractivity contribution in [2.75, 3.05) is 22.9 Å². The molecule has 2 aromatic rings. The Morgan fingerprint density at radius 1 is 1.00 bits per heavy atom. The molecule has 4 amide bonds. The first kappa shape index (κ1) is 17.0. The minimum Gasteiger partial charge on any atom is -0.441 e. The highest BCUT2D eigenvalue weighted by molar-refractivity contribution is 6.39. The monoisotopic (exact) mass is 366 g/mol. The maximum Gasteiger partial charge on any atom is 0.335 e. The van der Waals surface area contributed by atoms with Gasteiger partial charge in [0.05, 0.1) is 5.69 Å². The number of imide groups is 2. The number of aromatic nitrogens is 1. The normalized spacial score (nSPS) is 19.6. The summed E-state index contributed by atoms with van der Waals surface area (Å²) in [6, 6.07) is 5.79. The minimum absolute atomic E-state index is 0.161. The van der Waals surface area contributed by atoms with E-state index in [4.69, 9.17) is 4.42 Å². The first-order valence-electron chi connectivity index (χ1n) is 8.80. The molecular weight excluding hydrogens is 348 g/mol. The minimum atomic E-state index is -0.790. The molecule has 0 aliphatic carbocycles. The van der Waals surface area contributed by atoms with Crippen molar-refractivity contribution in [3.8, 4) is 0 Å². The first-order valence-corrected chi connectivity index (χ1v) is 8.80. The molecule has 8 heteroatoms. The molecule has 0 atom stereocenters. The third-order valence-electron chi connectivity index (χ3n) is 4.59. The van der Waals surface area contributed by atoms with E-state index in [0.29, 0.717) is 17.3 Å². The van der Waals surface area contributed by atoms with E-state index in [1.807, 2.05) is 6.07 Å². The Hall–Kier alpha value is -3.42. The summed E-state index contributed by atoms with van der Waals surface area (Å²) in [6.45, 7) is 1.85. The van der Waals surface area contributed by atoms with E-state index in [2.05, 4.69) is 15.2 Å². The molecule has 8 nitrogen and oxygen atoms in total. The fraction of sp³-hybridized carbons (Fsp3) is 0.263. The molecule has 0 unspecified atom stereocenters. The molecule has 0 bridgehead atoms. The van der Waals surface area contributed by atoms with Crippen molar-refractivity contribution >= 4 is 35.5 Å². The lowest BCUT2D eigenvalue weighted by Crippen LogP contribution is -2.54. The molecule has 2 aromatic heterocycles. The molecule has 27 heavy (non-hydrogen) atoms. The quantitative estimate of drug-likeness (QED) is 0.662. The Kier molecular flexibility index (Phi) is 4.45. The van der Waals surface area contributed by atoms with Crippen molar-refractivity contribution in [2.45, 2.75) is 19.3 Å². The van der Waals surface area contributed by atoms with Crippen LogP contribution in [0.5, 0.6) is 0 Å². The Morgan fingerprint density at radius 3 is 2.48 bits per heavy atom. The smallest absolute Gasteiger partial charge is 0.335 e. The van der Waals surface area contributed by atoms with E-state index < -0.39 is 17.8 Å². The average molecular weight is 366 g/mol. The predicted octanol–water partition coefficient (Wildman–Crippen LogP) is 2.33. The Morgan fingerprint density at radius 2 is 1.74 bits per heavy atom. The van der Waals surface area contributed by atoms with Gasteiger partial charge in [-0.05, 0) is 43.5 Å². The van der Waals surface area contributed by atoms with Gasteiger partial charge in [0.2, 0.25) is 0 Å². The molecule has 0 radical (unpaired) electrons. The average Bonchev–Trinajstić information content (AvgIpc) is 3.15. The van der Waals surface area contributed by atoms with Gasteiger partial charge in [0.1, 0.15) is 11.3 Å². The zero-order chi connectivity index (χ0) is 18.8. The fourth-order valence-corrected chi connectivity index (χ4v) is 3.23. The first-order chi connectivity index (χ1) is 13.1. The summed E-state index contributed by atoms with van der Waals surface area (Å²) >= 11 is 0. The van der Waals surface area contributed by atoms with Gasteiger partial charge in [-0.1, -0.05) is 0 Å². The third-order valence-corrected chi connectivity index (χ3v) is 4.59. The van der Waals surface area contributed by atoms with Crippen molar-refractivity contribution < 1.29 is 18.8 Å². The lowest BCUT2D eigenvalue weighted by molar-refractivity contribution is -0.122. The molecule has 0 spiro atoms. The largest absolute Gasteiger partial charge is 0.441 e. The van der Waals surface area contributed by atoms with Crippen molar-refractivity contribution in [1.82, 2.24) is 10.3 Å². The lowest BCUT2D eigenvalue weighted by atomic mass is 10.1. The van der Waals surface area contributed by atoms with Crippen molar-refractivity contribution in [3.63, 3.8) is 0 Å². The molecule has 4 rings (SSSR count). The zero-order valence-electron chi connectivity index (χ0n) is 14.6. The maximum atomic E-state index is 12.8. The molecule has 4 heterocycles. The second-order valence-corrected chi connectivity index (χ2v) is 6.39. The van der Waals surface area contributed by atoms with Gasteiger partial charge >= 0.3 is 6.03 Å².